The summed E-state index contributed by atoms with van der Waals surface area (Å²) in [5.74, 6) is 0.382. The van der Waals surface area contributed by atoms with E-state index < -0.39 is 0 Å². The quantitative estimate of drug-likeness (QED) is 0.570. The number of carbonyl (C=O) groups is 1. The number of nitrogens with zero attached hydrogens (tertiary/aromatic N) is 3. The SMILES string of the molecule is COc1ccc(NC(=O)CCN(CC#N)CC#N)c(N)c1. The van der Waals surface area contributed by atoms with E-state index in [1.165, 1.54) is 7.11 Å². The smallest absolute Gasteiger partial charge is 0.225 e. The maximum Gasteiger partial charge on any atom is 0.225 e. The summed E-state index contributed by atoms with van der Waals surface area (Å²) in [6, 6.07) is 8.89. The molecule has 3 N–H and O–H groups in total. The third-order valence-electron chi connectivity index (χ3n) is 2.78. The van der Waals surface area contributed by atoms with Crippen molar-refractivity contribution in [3.63, 3.8) is 0 Å². The molecule has 0 saturated carbocycles. The Bertz CT molecular complexity index is 558. The molecule has 1 aromatic carbocycles. The fourth-order valence-corrected chi connectivity index (χ4v) is 1.67. The van der Waals surface area contributed by atoms with Gasteiger partial charge in [0.1, 0.15) is 5.75 Å². The molecule has 0 unspecified atom stereocenters. The predicted molar refractivity (Wildman–Crippen MR) is 78.3 cm³/mol. The molecule has 1 aromatic rings. The Morgan fingerprint density at radius 2 is 2.05 bits per heavy atom. The van der Waals surface area contributed by atoms with Crippen molar-refractivity contribution in [2.24, 2.45) is 0 Å². The number of hydrogen-bond acceptors (Lipinski definition) is 6. The number of rotatable bonds is 7. The van der Waals surface area contributed by atoms with Gasteiger partial charge in [-0.05, 0) is 12.1 Å². The molecule has 1 rings (SSSR count). The van der Waals surface area contributed by atoms with Gasteiger partial charge in [0.05, 0.1) is 43.7 Å². The summed E-state index contributed by atoms with van der Waals surface area (Å²) in [6.07, 6.45) is 0.175. The maximum atomic E-state index is 11.8. The second-order valence-corrected chi connectivity index (χ2v) is 4.28. The van der Waals surface area contributed by atoms with Crippen molar-refractivity contribution < 1.29 is 9.53 Å². The molecule has 7 nitrogen and oxygen atoms in total. The second-order valence-electron chi connectivity index (χ2n) is 4.28. The third-order valence-corrected chi connectivity index (χ3v) is 2.78. The highest BCUT2D eigenvalue weighted by Gasteiger charge is 2.09. The number of nitrogen functional groups attached to an aromatic ring is 1. The molecule has 0 atom stereocenters. The average Bonchev–Trinajstić information content (AvgIpc) is 2.47. The summed E-state index contributed by atoms with van der Waals surface area (Å²) in [4.78, 5) is 13.4. The van der Waals surface area contributed by atoms with Crippen LogP contribution in [-0.4, -0.2) is 37.6 Å². The summed E-state index contributed by atoms with van der Waals surface area (Å²) in [6.45, 7) is 0.569. The van der Waals surface area contributed by atoms with Gasteiger partial charge in [0.25, 0.3) is 0 Å². The van der Waals surface area contributed by atoms with Gasteiger partial charge in [-0.3, -0.25) is 9.69 Å². The monoisotopic (exact) mass is 287 g/mol. The highest BCUT2D eigenvalue weighted by Crippen LogP contribution is 2.24. The van der Waals surface area contributed by atoms with Crippen molar-refractivity contribution in [3.8, 4) is 17.9 Å². The first-order valence-corrected chi connectivity index (χ1v) is 6.30. The molecule has 0 aromatic heterocycles. The van der Waals surface area contributed by atoms with Crippen LogP contribution in [0.2, 0.25) is 0 Å². The van der Waals surface area contributed by atoms with Gasteiger partial charge in [-0.15, -0.1) is 0 Å². The highest BCUT2D eigenvalue weighted by molar-refractivity contribution is 5.94. The van der Waals surface area contributed by atoms with Gasteiger partial charge in [0.15, 0.2) is 0 Å². The maximum absolute atomic E-state index is 11.8. The van der Waals surface area contributed by atoms with E-state index in [1.807, 2.05) is 12.1 Å². The van der Waals surface area contributed by atoms with E-state index >= 15 is 0 Å². The first kappa shape index (κ1) is 16.3. The van der Waals surface area contributed by atoms with Gasteiger partial charge in [-0.2, -0.15) is 10.5 Å². The number of amides is 1. The Morgan fingerprint density at radius 3 is 2.57 bits per heavy atom. The van der Waals surface area contributed by atoms with Crippen LogP contribution in [-0.2, 0) is 4.79 Å². The molecule has 110 valence electrons. The van der Waals surface area contributed by atoms with E-state index in [9.17, 15) is 4.79 Å². The molecule has 0 radical (unpaired) electrons. The van der Waals surface area contributed by atoms with Gasteiger partial charge < -0.3 is 15.8 Å². The Morgan fingerprint density at radius 1 is 1.38 bits per heavy atom. The van der Waals surface area contributed by atoms with Crippen LogP contribution < -0.4 is 15.8 Å². The summed E-state index contributed by atoms with van der Waals surface area (Å²) in [7, 11) is 1.53. The number of methoxy groups -OCH3 is 1. The van der Waals surface area contributed by atoms with Gasteiger partial charge in [0, 0.05) is 19.0 Å². The molecule has 0 heterocycles. The largest absolute Gasteiger partial charge is 0.497 e. The van der Waals surface area contributed by atoms with E-state index in [0.717, 1.165) is 0 Å². The lowest BCUT2D eigenvalue weighted by atomic mass is 10.2. The van der Waals surface area contributed by atoms with Gasteiger partial charge >= 0.3 is 0 Å². The Hall–Kier alpha value is -2.77. The van der Waals surface area contributed by atoms with E-state index in [2.05, 4.69) is 5.32 Å². The number of nitriles is 2. The molecule has 0 aliphatic rings. The molecule has 21 heavy (non-hydrogen) atoms. The topological polar surface area (TPSA) is 115 Å². The molecular weight excluding hydrogens is 270 g/mol. The molecule has 7 heteroatoms. The van der Waals surface area contributed by atoms with Crippen molar-refractivity contribution in [2.45, 2.75) is 6.42 Å². The minimum atomic E-state index is -0.229. The predicted octanol–water partition coefficient (Wildman–Crippen LogP) is 0.955. The Labute approximate surface area is 123 Å². The summed E-state index contributed by atoms with van der Waals surface area (Å²) >= 11 is 0. The molecule has 0 fully saturated rings. The zero-order chi connectivity index (χ0) is 15.7. The number of benzene rings is 1. The van der Waals surface area contributed by atoms with Gasteiger partial charge in [-0.25, -0.2) is 0 Å². The van der Waals surface area contributed by atoms with Gasteiger partial charge in [-0.1, -0.05) is 0 Å². The summed E-state index contributed by atoms with van der Waals surface area (Å²) in [5.41, 5.74) is 6.72. The van der Waals surface area contributed by atoms with Crippen LogP contribution >= 0.6 is 0 Å². The number of hydrogen-bond donors (Lipinski definition) is 2. The van der Waals surface area contributed by atoms with Crippen LogP contribution in [0.15, 0.2) is 18.2 Å². The van der Waals surface area contributed by atoms with E-state index in [0.29, 0.717) is 23.7 Å². The first-order valence-electron chi connectivity index (χ1n) is 6.30. The van der Waals surface area contributed by atoms with Crippen LogP contribution in [0, 0.1) is 22.7 Å². The van der Waals surface area contributed by atoms with E-state index in [-0.39, 0.29) is 25.4 Å². The van der Waals surface area contributed by atoms with Crippen LogP contribution in [0.25, 0.3) is 0 Å². The van der Waals surface area contributed by atoms with Crippen molar-refractivity contribution >= 4 is 17.3 Å². The first-order chi connectivity index (χ1) is 10.1. The number of carbonyl (C=O) groups excluding carboxylic acids is 1. The van der Waals surface area contributed by atoms with E-state index in [1.54, 1.807) is 23.1 Å². The van der Waals surface area contributed by atoms with Crippen LogP contribution in [0.3, 0.4) is 0 Å². The highest BCUT2D eigenvalue weighted by atomic mass is 16.5. The molecule has 0 aliphatic heterocycles. The summed E-state index contributed by atoms with van der Waals surface area (Å²) < 4.78 is 5.03. The number of nitrogens with two attached hydrogens (primary N) is 1. The molecular formula is C14H17N5O2. The fourth-order valence-electron chi connectivity index (χ4n) is 1.67. The minimum Gasteiger partial charge on any atom is -0.497 e. The Balaban J connectivity index is 2.54. The standard InChI is InChI=1S/C14H17N5O2/c1-21-11-2-3-13(12(17)10-11)18-14(20)4-7-19(8-5-15)9-6-16/h2-3,10H,4,7-9,17H2,1H3,(H,18,20). The van der Waals surface area contributed by atoms with Gasteiger partial charge in [0.2, 0.25) is 5.91 Å². The lowest BCUT2D eigenvalue weighted by molar-refractivity contribution is -0.116. The van der Waals surface area contributed by atoms with Crippen molar-refractivity contribution in [3.05, 3.63) is 18.2 Å². The fraction of sp³-hybridized carbons (Fsp3) is 0.357. The second kappa shape index (κ2) is 8.41. The zero-order valence-corrected chi connectivity index (χ0v) is 11.8. The Kier molecular flexibility index (Phi) is 6.52. The molecule has 1 amide bonds. The lowest BCUT2D eigenvalue weighted by Gasteiger charge is -2.15. The number of anilines is 2. The zero-order valence-electron chi connectivity index (χ0n) is 11.8. The van der Waals surface area contributed by atoms with Crippen molar-refractivity contribution in [1.29, 1.82) is 10.5 Å². The minimum absolute atomic E-state index is 0.117. The average molecular weight is 287 g/mol. The molecule has 0 saturated heterocycles. The molecule has 0 spiro atoms. The van der Waals surface area contributed by atoms with Crippen LogP contribution in [0.5, 0.6) is 5.75 Å². The normalized spacial score (nSPS) is 9.71. The number of nitrogens with one attached hydrogen (secondary N) is 1. The van der Waals surface area contributed by atoms with Crippen LogP contribution in [0.4, 0.5) is 11.4 Å². The van der Waals surface area contributed by atoms with Crippen molar-refractivity contribution in [1.82, 2.24) is 4.90 Å². The summed E-state index contributed by atoms with van der Waals surface area (Å²) in [5, 5.41) is 19.9. The third kappa shape index (κ3) is 5.39. The van der Waals surface area contributed by atoms with Crippen molar-refractivity contribution in [2.75, 3.05) is 37.8 Å². The number of ether oxygens (including phenoxy) is 1. The molecule has 0 bridgehead atoms. The lowest BCUT2D eigenvalue weighted by Crippen LogP contribution is -2.28. The van der Waals surface area contributed by atoms with E-state index in [4.69, 9.17) is 21.0 Å². The van der Waals surface area contributed by atoms with Crippen LogP contribution in [0.1, 0.15) is 6.42 Å². The molecule has 0 aliphatic carbocycles.